The number of likely N-dealkylation sites (tertiary alicyclic amines) is 1. The Morgan fingerprint density at radius 3 is 2.54 bits per heavy atom. The Bertz CT molecular complexity index is 687. The first-order valence-corrected chi connectivity index (χ1v) is 8.56. The van der Waals surface area contributed by atoms with Gasteiger partial charge in [0, 0.05) is 18.7 Å². The molecule has 24 heavy (non-hydrogen) atoms. The Morgan fingerprint density at radius 1 is 1.17 bits per heavy atom. The van der Waals surface area contributed by atoms with Crippen LogP contribution in [0.4, 0.5) is 10.5 Å². The average Bonchev–Trinajstić information content (AvgIpc) is 3.08. The van der Waals surface area contributed by atoms with E-state index >= 15 is 0 Å². The van der Waals surface area contributed by atoms with Crippen LogP contribution < -0.4 is 4.90 Å². The van der Waals surface area contributed by atoms with Crippen molar-refractivity contribution >= 4 is 11.8 Å². The van der Waals surface area contributed by atoms with Crippen molar-refractivity contribution in [2.75, 3.05) is 31.1 Å². The predicted octanol–water partition coefficient (Wildman–Crippen LogP) is 4.18. The number of amides is 1. The van der Waals surface area contributed by atoms with Crippen LogP contribution in [0.15, 0.2) is 54.6 Å². The van der Waals surface area contributed by atoms with Gasteiger partial charge < -0.3 is 10.0 Å². The summed E-state index contributed by atoms with van der Waals surface area (Å²) in [7, 11) is 0. The van der Waals surface area contributed by atoms with Crippen LogP contribution in [0.2, 0.25) is 0 Å². The molecule has 0 aromatic heterocycles. The van der Waals surface area contributed by atoms with Gasteiger partial charge in [0.1, 0.15) is 0 Å². The maximum atomic E-state index is 11.9. The summed E-state index contributed by atoms with van der Waals surface area (Å²) in [6.45, 7) is 5.78. The minimum Gasteiger partial charge on any atom is -0.465 e. The maximum absolute atomic E-state index is 11.9. The highest BCUT2D eigenvalue weighted by molar-refractivity contribution is 5.92. The highest BCUT2D eigenvalue weighted by atomic mass is 16.4. The average molecular weight is 324 g/mol. The molecule has 0 unspecified atom stereocenters. The molecule has 1 N–H and O–H groups in total. The molecule has 1 aliphatic rings. The topological polar surface area (TPSA) is 43.8 Å². The van der Waals surface area contributed by atoms with Gasteiger partial charge in [0.25, 0.3) is 0 Å². The minimum atomic E-state index is -0.881. The van der Waals surface area contributed by atoms with Crippen LogP contribution in [0.25, 0.3) is 11.1 Å². The van der Waals surface area contributed by atoms with Crippen molar-refractivity contribution in [1.82, 2.24) is 4.90 Å². The summed E-state index contributed by atoms with van der Waals surface area (Å²) < 4.78 is 0. The molecule has 1 atom stereocenters. The Balaban J connectivity index is 1.88. The fourth-order valence-corrected chi connectivity index (χ4v) is 3.46. The molecule has 0 bridgehead atoms. The van der Waals surface area contributed by atoms with Crippen molar-refractivity contribution < 1.29 is 9.90 Å². The van der Waals surface area contributed by atoms with Gasteiger partial charge in [-0.05, 0) is 37.1 Å². The van der Waals surface area contributed by atoms with Gasteiger partial charge in [-0.25, -0.2) is 4.79 Å². The van der Waals surface area contributed by atoms with Crippen LogP contribution in [0, 0.1) is 5.92 Å². The normalized spacial score (nSPS) is 17.8. The van der Waals surface area contributed by atoms with Gasteiger partial charge in [-0.1, -0.05) is 55.5 Å². The fraction of sp³-hybridized carbons (Fsp3) is 0.350. The Hall–Kier alpha value is -2.33. The zero-order chi connectivity index (χ0) is 16.9. The quantitative estimate of drug-likeness (QED) is 0.897. The van der Waals surface area contributed by atoms with E-state index in [1.54, 1.807) is 0 Å². The van der Waals surface area contributed by atoms with Gasteiger partial charge in [0.2, 0.25) is 0 Å². The molecule has 1 saturated heterocycles. The molecular weight excluding hydrogens is 300 g/mol. The van der Waals surface area contributed by atoms with Crippen molar-refractivity contribution in [1.29, 1.82) is 0 Å². The second kappa shape index (κ2) is 7.49. The van der Waals surface area contributed by atoms with Gasteiger partial charge in [-0.15, -0.1) is 0 Å². The summed E-state index contributed by atoms with van der Waals surface area (Å²) in [5.41, 5.74) is 2.78. The highest BCUT2D eigenvalue weighted by Gasteiger charge is 2.27. The van der Waals surface area contributed by atoms with E-state index in [1.807, 2.05) is 54.6 Å². The van der Waals surface area contributed by atoms with Crippen LogP contribution in [0.1, 0.15) is 13.3 Å². The van der Waals surface area contributed by atoms with E-state index in [-0.39, 0.29) is 0 Å². The van der Waals surface area contributed by atoms with Crippen molar-refractivity contribution in [3.63, 3.8) is 0 Å². The smallest absolute Gasteiger partial charge is 0.411 e. The molecule has 1 amide bonds. The summed E-state index contributed by atoms with van der Waals surface area (Å²) in [5.74, 6) is 0.393. The molecule has 4 heteroatoms. The summed E-state index contributed by atoms with van der Waals surface area (Å²) >= 11 is 0. The third kappa shape index (κ3) is 3.60. The van der Waals surface area contributed by atoms with Crippen LogP contribution in [-0.2, 0) is 0 Å². The van der Waals surface area contributed by atoms with E-state index < -0.39 is 6.09 Å². The third-order valence-electron chi connectivity index (χ3n) is 4.77. The van der Waals surface area contributed by atoms with E-state index in [0.717, 1.165) is 42.9 Å². The zero-order valence-electron chi connectivity index (χ0n) is 14.1. The Kier molecular flexibility index (Phi) is 5.16. The van der Waals surface area contributed by atoms with Gasteiger partial charge in [-0.3, -0.25) is 4.90 Å². The van der Waals surface area contributed by atoms with Crippen molar-refractivity contribution in [3.8, 4) is 11.1 Å². The lowest BCUT2D eigenvalue weighted by Crippen LogP contribution is -2.35. The first-order chi connectivity index (χ1) is 11.7. The molecule has 2 aromatic rings. The van der Waals surface area contributed by atoms with Crippen molar-refractivity contribution in [2.45, 2.75) is 13.3 Å². The zero-order valence-corrected chi connectivity index (χ0v) is 14.1. The molecule has 2 aromatic carbocycles. The number of hydrogen-bond donors (Lipinski definition) is 1. The molecule has 4 nitrogen and oxygen atoms in total. The number of hydrogen-bond acceptors (Lipinski definition) is 2. The van der Waals surface area contributed by atoms with Crippen LogP contribution in [-0.4, -0.2) is 42.3 Å². The van der Waals surface area contributed by atoms with Crippen LogP contribution in [0.5, 0.6) is 0 Å². The van der Waals surface area contributed by atoms with Crippen molar-refractivity contribution in [2.24, 2.45) is 5.92 Å². The molecule has 3 rings (SSSR count). The lowest BCUT2D eigenvalue weighted by atomic mass is 10.0. The second-order valence-electron chi connectivity index (χ2n) is 6.32. The number of para-hydroxylation sites is 1. The van der Waals surface area contributed by atoms with E-state index in [0.29, 0.717) is 12.5 Å². The largest absolute Gasteiger partial charge is 0.465 e. The number of carbonyl (C=O) groups is 1. The van der Waals surface area contributed by atoms with E-state index in [1.165, 1.54) is 4.90 Å². The van der Waals surface area contributed by atoms with Crippen molar-refractivity contribution in [3.05, 3.63) is 54.6 Å². The van der Waals surface area contributed by atoms with Crippen LogP contribution in [0.3, 0.4) is 0 Å². The third-order valence-corrected chi connectivity index (χ3v) is 4.77. The number of carboxylic acid groups (broad SMARTS) is 1. The first kappa shape index (κ1) is 16.5. The number of nitrogens with zero attached hydrogens (tertiary/aromatic N) is 2. The van der Waals surface area contributed by atoms with Gasteiger partial charge >= 0.3 is 6.09 Å². The fourth-order valence-electron chi connectivity index (χ4n) is 3.46. The summed E-state index contributed by atoms with van der Waals surface area (Å²) in [5, 5.41) is 9.79. The lowest BCUT2D eigenvalue weighted by Gasteiger charge is -2.25. The lowest BCUT2D eigenvalue weighted by molar-refractivity contribution is 0.200. The molecule has 1 fully saturated rings. The minimum absolute atomic E-state index is 0.393. The van der Waals surface area contributed by atoms with Gasteiger partial charge in [0.15, 0.2) is 0 Å². The van der Waals surface area contributed by atoms with E-state index in [9.17, 15) is 9.90 Å². The summed E-state index contributed by atoms with van der Waals surface area (Å²) in [4.78, 5) is 15.8. The Labute approximate surface area is 143 Å². The van der Waals surface area contributed by atoms with Crippen LogP contribution >= 0.6 is 0 Å². The molecule has 1 aliphatic heterocycles. The molecule has 126 valence electrons. The van der Waals surface area contributed by atoms with Gasteiger partial charge in [-0.2, -0.15) is 0 Å². The molecule has 1 heterocycles. The van der Waals surface area contributed by atoms with E-state index in [2.05, 4.69) is 11.8 Å². The molecule has 0 saturated carbocycles. The number of rotatable bonds is 5. The van der Waals surface area contributed by atoms with E-state index in [4.69, 9.17) is 0 Å². The number of anilines is 1. The first-order valence-electron chi connectivity index (χ1n) is 8.56. The predicted molar refractivity (Wildman–Crippen MR) is 97.5 cm³/mol. The monoisotopic (exact) mass is 324 g/mol. The SMILES string of the molecule is CCN1CC[C@H](CN(C(=O)O)c2ccccc2-c2ccccc2)C1. The second-order valence-corrected chi connectivity index (χ2v) is 6.32. The summed E-state index contributed by atoms with van der Waals surface area (Å²) in [6.07, 6.45) is 0.179. The highest BCUT2D eigenvalue weighted by Crippen LogP contribution is 2.32. The maximum Gasteiger partial charge on any atom is 0.411 e. The Morgan fingerprint density at radius 2 is 1.88 bits per heavy atom. The molecular formula is C20H24N2O2. The summed E-state index contributed by atoms with van der Waals surface area (Å²) in [6, 6.07) is 17.7. The molecule has 0 aliphatic carbocycles. The number of benzene rings is 2. The molecule has 0 radical (unpaired) electrons. The van der Waals surface area contributed by atoms with Gasteiger partial charge in [0.05, 0.1) is 5.69 Å². The standard InChI is InChI=1S/C20H24N2O2/c1-2-21-13-12-16(14-21)15-22(20(23)24)19-11-7-6-10-18(19)17-8-4-3-5-9-17/h3-11,16H,2,12-15H2,1H3,(H,23,24)/t16-/m0/s1. The molecule has 0 spiro atoms.